The Kier molecular flexibility index (Phi) is 20.3. The van der Waals surface area contributed by atoms with Gasteiger partial charge < -0.3 is 65.1 Å². The molecule has 0 heterocycles. The molecule has 0 radical (unpaired) electrons. The molecule has 3 amide bonds. The summed E-state index contributed by atoms with van der Waals surface area (Å²) in [5, 5.41) is 9.52. The van der Waals surface area contributed by atoms with Crippen molar-refractivity contribution in [2.24, 2.45) is 34.4 Å². The topological polar surface area (TPSA) is 253 Å². The molecule has 0 saturated carbocycles. The average Bonchev–Trinajstić information content (AvgIpc) is 3.00. The Balaban J connectivity index is 3.45. The number of nitrogens with zero attached hydrogens (tertiary/aromatic N) is 3. The van der Waals surface area contributed by atoms with E-state index in [-0.39, 0.29) is 54.0 Å². The van der Waals surface area contributed by atoms with Crippen LogP contribution in [0.5, 0.6) is 0 Å². The van der Waals surface area contributed by atoms with Gasteiger partial charge in [0.15, 0.2) is 0 Å². The first-order valence-electron chi connectivity index (χ1n) is 14.7. The van der Waals surface area contributed by atoms with Gasteiger partial charge in [-0.25, -0.2) is 0 Å². The van der Waals surface area contributed by atoms with Crippen molar-refractivity contribution in [3.05, 3.63) is 34.9 Å². The van der Waals surface area contributed by atoms with E-state index >= 15 is 0 Å². The molecule has 1 aromatic carbocycles. The Morgan fingerprint density at radius 3 is 0.905 bits per heavy atom. The quantitative estimate of drug-likeness (QED) is 0.0514. The highest BCUT2D eigenvalue weighted by Gasteiger charge is 2.24. The van der Waals surface area contributed by atoms with Gasteiger partial charge in [0.1, 0.15) is 0 Å². The highest BCUT2D eigenvalue weighted by atomic mass is 16.2. The Bertz CT molecular complexity index is 794. The molecule has 42 heavy (non-hydrogen) atoms. The van der Waals surface area contributed by atoms with Crippen molar-refractivity contribution in [2.45, 2.75) is 0 Å². The lowest BCUT2D eigenvalue weighted by atomic mass is 10.0. The number of amides is 3. The molecule has 0 fully saturated rings. The molecule has 0 spiro atoms. The van der Waals surface area contributed by atoms with Crippen molar-refractivity contribution < 1.29 is 14.4 Å². The molecule has 1 aromatic rings. The highest BCUT2D eigenvalue weighted by molar-refractivity contribution is 6.04. The summed E-state index contributed by atoms with van der Waals surface area (Å²) >= 11 is 0. The Morgan fingerprint density at radius 2 is 0.690 bits per heavy atom. The minimum atomic E-state index is -0.330. The maximum atomic E-state index is 13.7. The van der Waals surface area contributed by atoms with Crippen molar-refractivity contribution in [1.82, 2.24) is 30.7 Å². The van der Waals surface area contributed by atoms with E-state index in [9.17, 15) is 14.4 Å². The highest BCUT2D eigenvalue weighted by Crippen LogP contribution is 2.17. The summed E-state index contributed by atoms with van der Waals surface area (Å²) in [5.41, 5.74) is 34.8. The lowest BCUT2D eigenvalue weighted by molar-refractivity contribution is 0.0758. The van der Waals surface area contributed by atoms with Crippen LogP contribution < -0.4 is 50.4 Å². The second kappa shape index (κ2) is 22.8. The third kappa shape index (κ3) is 13.5. The fourth-order valence-corrected chi connectivity index (χ4v) is 4.28. The molecule has 0 aliphatic rings. The van der Waals surface area contributed by atoms with E-state index in [4.69, 9.17) is 34.4 Å². The molecular formula is C27H54N12O3. The van der Waals surface area contributed by atoms with Gasteiger partial charge in [-0.05, 0) is 18.2 Å². The van der Waals surface area contributed by atoms with Crippen molar-refractivity contribution in [3.63, 3.8) is 0 Å². The molecular weight excluding hydrogens is 540 g/mol. The molecule has 240 valence electrons. The van der Waals surface area contributed by atoms with Crippen LogP contribution in [0.1, 0.15) is 31.1 Å². The molecule has 15 heteroatoms. The number of nitrogens with one attached hydrogen (secondary N) is 3. The monoisotopic (exact) mass is 594 g/mol. The van der Waals surface area contributed by atoms with Crippen LogP contribution in [0.2, 0.25) is 0 Å². The smallest absolute Gasteiger partial charge is 0.253 e. The Morgan fingerprint density at radius 1 is 0.429 bits per heavy atom. The standard InChI is InChI=1S/C27H54N12O3/c28-1-7-34-10-16-37(13-4-31)25(40)22-19-23(26(41)38(14-5-32)17-11-35-8-2-29)21-24(20-22)27(42)39(15-6-33)18-12-36-9-3-30/h19-21,34-36H,1-18,28-33H2. The number of rotatable bonds is 24. The minimum absolute atomic E-state index is 0.222. The van der Waals surface area contributed by atoms with Gasteiger partial charge >= 0.3 is 0 Å². The molecule has 1 rings (SSSR count). The zero-order chi connectivity index (χ0) is 31.2. The molecule has 0 aliphatic carbocycles. The third-order valence-electron chi connectivity index (χ3n) is 6.37. The van der Waals surface area contributed by atoms with Gasteiger partial charge in [-0.15, -0.1) is 0 Å². The molecule has 0 bridgehead atoms. The van der Waals surface area contributed by atoms with Gasteiger partial charge in [-0.3, -0.25) is 14.4 Å². The molecule has 0 aliphatic heterocycles. The van der Waals surface area contributed by atoms with Crippen LogP contribution in [0, 0.1) is 0 Å². The largest absolute Gasteiger partial charge is 0.336 e. The van der Waals surface area contributed by atoms with Crippen LogP contribution in [-0.2, 0) is 0 Å². The normalized spacial score (nSPS) is 11.0. The van der Waals surface area contributed by atoms with E-state index in [1.807, 2.05) is 0 Å². The van der Waals surface area contributed by atoms with Crippen LogP contribution >= 0.6 is 0 Å². The summed E-state index contributed by atoms with van der Waals surface area (Å²) in [6.07, 6.45) is 0. The minimum Gasteiger partial charge on any atom is -0.336 e. The van der Waals surface area contributed by atoms with Gasteiger partial charge in [-0.2, -0.15) is 0 Å². The van der Waals surface area contributed by atoms with Crippen molar-refractivity contribution in [3.8, 4) is 0 Å². The first-order chi connectivity index (χ1) is 20.4. The Labute approximate surface area is 250 Å². The number of carbonyl (C=O) groups excluding carboxylic acids is 3. The van der Waals surface area contributed by atoms with Gasteiger partial charge in [0.25, 0.3) is 17.7 Å². The van der Waals surface area contributed by atoms with E-state index in [0.717, 1.165) is 0 Å². The summed E-state index contributed by atoms with van der Waals surface area (Å²) in [6, 6.07) is 4.60. The Hall–Kier alpha value is -2.73. The van der Waals surface area contributed by atoms with Gasteiger partial charge in [-0.1, -0.05) is 0 Å². The summed E-state index contributed by atoms with van der Waals surface area (Å²) in [7, 11) is 0. The lowest BCUT2D eigenvalue weighted by Gasteiger charge is -2.26. The van der Waals surface area contributed by atoms with Gasteiger partial charge in [0.05, 0.1) is 0 Å². The van der Waals surface area contributed by atoms with Gasteiger partial charge in [0.2, 0.25) is 0 Å². The molecule has 0 saturated heterocycles. The predicted octanol–water partition coefficient (Wildman–Crippen LogP) is -4.47. The second-order valence-electron chi connectivity index (χ2n) is 9.66. The lowest BCUT2D eigenvalue weighted by Crippen LogP contribution is -2.42. The van der Waals surface area contributed by atoms with Crippen molar-refractivity contribution >= 4 is 17.7 Å². The van der Waals surface area contributed by atoms with Crippen LogP contribution in [0.25, 0.3) is 0 Å². The van der Waals surface area contributed by atoms with E-state index < -0.39 is 0 Å². The van der Waals surface area contributed by atoms with Crippen molar-refractivity contribution in [2.75, 3.05) is 118 Å². The molecule has 0 aromatic heterocycles. The first kappa shape index (κ1) is 37.3. The van der Waals surface area contributed by atoms with Gasteiger partial charge in [0, 0.05) is 134 Å². The summed E-state index contributed by atoms with van der Waals surface area (Å²) in [4.78, 5) is 45.9. The summed E-state index contributed by atoms with van der Waals surface area (Å²) in [6.45, 7) is 7.68. The first-order valence-corrected chi connectivity index (χ1v) is 14.7. The fraction of sp³-hybridized carbons (Fsp3) is 0.667. The number of hydrogen-bond acceptors (Lipinski definition) is 12. The number of nitrogens with two attached hydrogens (primary N) is 6. The predicted molar refractivity (Wildman–Crippen MR) is 167 cm³/mol. The second-order valence-corrected chi connectivity index (χ2v) is 9.66. The molecule has 0 unspecified atom stereocenters. The summed E-state index contributed by atoms with van der Waals surface area (Å²) in [5.74, 6) is -0.990. The maximum absolute atomic E-state index is 13.7. The molecule has 0 atom stereocenters. The zero-order valence-electron chi connectivity index (χ0n) is 25.0. The van der Waals surface area contributed by atoms with E-state index in [1.54, 1.807) is 14.7 Å². The van der Waals surface area contributed by atoms with E-state index in [0.29, 0.717) is 98.2 Å². The maximum Gasteiger partial charge on any atom is 0.253 e. The van der Waals surface area contributed by atoms with Crippen LogP contribution in [0.4, 0.5) is 0 Å². The van der Waals surface area contributed by atoms with E-state index in [1.165, 1.54) is 18.2 Å². The zero-order valence-corrected chi connectivity index (χ0v) is 25.0. The SMILES string of the molecule is NCCNCCN(CCN)C(=O)c1cc(C(=O)N(CCN)CCNCCN)cc(C(=O)N(CCN)CCNCCN)c1. The third-order valence-corrected chi connectivity index (χ3v) is 6.37. The summed E-state index contributed by atoms with van der Waals surface area (Å²) < 4.78 is 0. The van der Waals surface area contributed by atoms with Crippen molar-refractivity contribution in [1.29, 1.82) is 0 Å². The number of carbonyl (C=O) groups is 3. The average molecular weight is 595 g/mol. The van der Waals surface area contributed by atoms with Crippen LogP contribution in [-0.4, -0.2) is 150 Å². The molecule has 15 N–H and O–H groups in total. The van der Waals surface area contributed by atoms with E-state index in [2.05, 4.69) is 16.0 Å². The molecule has 15 nitrogen and oxygen atoms in total. The fourth-order valence-electron chi connectivity index (χ4n) is 4.28. The number of hydrogen-bond donors (Lipinski definition) is 9. The van der Waals surface area contributed by atoms with Crippen LogP contribution in [0.15, 0.2) is 18.2 Å². The number of benzene rings is 1. The van der Waals surface area contributed by atoms with Crippen LogP contribution in [0.3, 0.4) is 0 Å².